The van der Waals surface area contributed by atoms with Crippen LogP contribution in [0.1, 0.15) is 30.5 Å². The molecule has 0 amide bonds. The van der Waals surface area contributed by atoms with Gasteiger partial charge in [0.15, 0.2) is 0 Å². The number of halogens is 1. The first-order valence-corrected chi connectivity index (χ1v) is 6.03. The van der Waals surface area contributed by atoms with Crippen molar-refractivity contribution in [3.8, 4) is 0 Å². The van der Waals surface area contributed by atoms with Crippen LogP contribution in [0.4, 0.5) is 4.39 Å². The van der Waals surface area contributed by atoms with E-state index in [0.29, 0.717) is 12.2 Å². The zero-order chi connectivity index (χ0) is 13.7. The first-order valence-electron chi connectivity index (χ1n) is 6.03. The smallest absolute Gasteiger partial charge is 0.307 e. The Kier molecular flexibility index (Phi) is 5.28. The van der Waals surface area contributed by atoms with Crippen molar-refractivity contribution in [2.24, 2.45) is 0 Å². The van der Waals surface area contributed by atoms with Crippen LogP contribution in [-0.2, 0) is 9.53 Å². The number of hydrogen-bond donors (Lipinski definition) is 0. The molecule has 4 heteroatoms. The molecule has 0 heterocycles. The molecule has 1 rings (SSSR count). The molecule has 1 aromatic rings. The molecule has 0 aromatic heterocycles. The summed E-state index contributed by atoms with van der Waals surface area (Å²) >= 11 is 0. The van der Waals surface area contributed by atoms with E-state index >= 15 is 0 Å². The van der Waals surface area contributed by atoms with E-state index in [1.807, 2.05) is 25.1 Å². The molecule has 0 N–H and O–H groups in total. The third kappa shape index (κ3) is 3.81. The minimum absolute atomic E-state index is 0.167. The molecule has 0 aliphatic carbocycles. The lowest BCUT2D eigenvalue weighted by Gasteiger charge is -2.24. The molecular formula is C14H20FNO2. The summed E-state index contributed by atoms with van der Waals surface area (Å²) in [6, 6.07) is 4.90. The van der Waals surface area contributed by atoms with Crippen LogP contribution in [0.15, 0.2) is 18.2 Å². The summed E-state index contributed by atoms with van der Waals surface area (Å²) in [7, 11) is 3.73. The molecule has 0 aliphatic heterocycles. The van der Waals surface area contributed by atoms with Crippen LogP contribution in [0.25, 0.3) is 0 Å². The monoisotopic (exact) mass is 253 g/mol. The second kappa shape index (κ2) is 6.50. The highest BCUT2D eigenvalue weighted by Gasteiger charge is 2.19. The fourth-order valence-electron chi connectivity index (χ4n) is 1.79. The summed E-state index contributed by atoms with van der Waals surface area (Å²) in [5.41, 5.74) is 1.39. The first kappa shape index (κ1) is 14.6. The molecule has 0 radical (unpaired) electrons. The lowest BCUT2D eigenvalue weighted by Crippen LogP contribution is -2.24. The Labute approximate surface area is 108 Å². The molecule has 0 bridgehead atoms. The Balaban J connectivity index is 2.90. The standard InChI is InChI=1S/C14H20FNO2/c1-5-18-14(17)9-13(16(3)4)11-7-6-10(2)12(15)8-11/h6-8,13H,5,9H2,1-4H3. The van der Waals surface area contributed by atoms with Crippen LogP contribution in [0.3, 0.4) is 0 Å². The Morgan fingerprint density at radius 1 is 1.44 bits per heavy atom. The molecule has 18 heavy (non-hydrogen) atoms. The molecule has 0 saturated heterocycles. The normalized spacial score (nSPS) is 12.6. The van der Waals surface area contributed by atoms with Crippen LogP contribution in [-0.4, -0.2) is 31.6 Å². The van der Waals surface area contributed by atoms with Crippen molar-refractivity contribution < 1.29 is 13.9 Å². The Morgan fingerprint density at radius 2 is 2.11 bits per heavy atom. The fraction of sp³-hybridized carbons (Fsp3) is 0.500. The van der Waals surface area contributed by atoms with Crippen molar-refractivity contribution in [1.82, 2.24) is 4.90 Å². The maximum Gasteiger partial charge on any atom is 0.307 e. The van der Waals surface area contributed by atoms with Crippen molar-refractivity contribution in [2.45, 2.75) is 26.3 Å². The van der Waals surface area contributed by atoms with E-state index in [1.165, 1.54) is 6.07 Å². The van der Waals surface area contributed by atoms with Crippen LogP contribution < -0.4 is 0 Å². The maximum absolute atomic E-state index is 13.6. The number of aryl methyl sites for hydroxylation is 1. The topological polar surface area (TPSA) is 29.5 Å². The summed E-state index contributed by atoms with van der Waals surface area (Å²) < 4.78 is 18.5. The van der Waals surface area contributed by atoms with Gasteiger partial charge in [0, 0.05) is 6.04 Å². The van der Waals surface area contributed by atoms with E-state index in [-0.39, 0.29) is 24.2 Å². The van der Waals surface area contributed by atoms with Crippen LogP contribution in [0.2, 0.25) is 0 Å². The van der Waals surface area contributed by atoms with Crippen molar-refractivity contribution in [2.75, 3.05) is 20.7 Å². The van der Waals surface area contributed by atoms with Gasteiger partial charge in [0.05, 0.1) is 13.0 Å². The van der Waals surface area contributed by atoms with E-state index in [1.54, 1.807) is 19.9 Å². The summed E-state index contributed by atoms with van der Waals surface area (Å²) in [5.74, 6) is -0.514. The molecule has 0 saturated carbocycles. The second-order valence-electron chi connectivity index (χ2n) is 4.50. The molecule has 0 spiro atoms. The van der Waals surface area contributed by atoms with Crippen molar-refractivity contribution in [3.63, 3.8) is 0 Å². The van der Waals surface area contributed by atoms with Gasteiger partial charge in [0.1, 0.15) is 5.82 Å². The predicted octanol–water partition coefficient (Wildman–Crippen LogP) is 2.69. The minimum Gasteiger partial charge on any atom is -0.466 e. The Hall–Kier alpha value is -1.42. The van der Waals surface area contributed by atoms with Crippen molar-refractivity contribution in [3.05, 3.63) is 35.1 Å². The van der Waals surface area contributed by atoms with Crippen LogP contribution in [0.5, 0.6) is 0 Å². The minimum atomic E-state index is -0.266. The average molecular weight is 253 g/mol. The third-order valence-electron chi connectivity index (χ3n) is 2.87. The molecule has 0 fully saturated rings. The lowest BCUT2D eigenvalue weighted by atomic mass is 10.0. The van der Waals surface area contributed by atoms with Crippen LogP contribution >= 0.6 is 0 Å². The van der Waals surface area contributed by atoms with Crippen molar-refractivity contribution >= 4 is 5.97 Å². The molecule has 0 aliphatic rings. The van der Waals surface area contributed by atoms with Gasteiger partial charge < -0.3 is 9.64 Å². The summed E-state index contributed by atoms with van der Waals surface area (Å²) in [6.45, 7) is 3.85. The van der Waals surface area contributed by atoms with Gasteiger partial charge in [0.2, 0.25) is 0 Å². The molecule has 1 aromatic carbocycles. The summed E-state index contributed by atoms with van der Waals surface area (Å²) in [6.07, 6.45) is 0.226. The highest BCUT2D eigenvalue weighted by molar-refractivity contribution is 5.70. The van der Waals surface area contributed by atoms with Crippen molar-refractivity contribution in [1.29, 1.82) is 0 Å². The largest absolute Gasteiger partial charge is 0.466 e. The van der Waals surface area contributed by atoms with Gasteiger partial charge in [-0.3, -0.25) is 4.79 Å². The summed E-state index contributed by atoms with van der Waals surface area (Å²) in [5, 5.41) is 0. The quantitative estimate of drug-likeness (QED) is 0.756. The molecule has 100 valence electrons. The van der Waals surface area contributed by atoms with Gasteiger partial charge in [-0.05, 0) is 45.1 Å². The fourth-order valence-corrected chi connectivity index (χ4v) is 1.79. The van der Waals surface area contributed by atoms with Gasteiger partial charge in [-0.25, -0.2) is 4.39 Å². The SMILES string of the molecule is CCOC(=O)CC(c1ccc(C)c(F)c1)N(C)C. The molecule has 1 atom stereocenters. The third-order valence-corrected chi connectivity index (χ3v) is 2.87. The maximum atomic E-state index is 13.6. The number of carbonyl (C=O) groups excluding carboxylic acids is 1. The molecular weight excluding hydrogens is 233 g/mol. The van der Waals surface area contributed by atoms with Gasteiger partial charge >= 0.3 is 5.97 Å². The van der Waals surface area contributed by atoms with E-state index in [4.69, 9.17) is 4.74 Å². The number of benzene rings is 1. The van der Waals surface area contributed by atoms with Gasteiger partial charge in [0.25, 0.3) is 0 Å². The highest BCUT2D eigenvalue weighted by atomic mass is 19.1. The van der Waals surface area contributed by atoms with E-state index < -0.39 is 0 Å². The lowest BCUT2D eigenvalue weighted by molar-refractivity contribution is -0.144. The zero-order valence-electron chi connectivity index (χ0n) is 11.4. The van der Waals surface area contributed by atoms with Gasteiger partial charge in [-0.2, -0.15) is 0 Å². The zero-order valence-corrected chi connectivity index (χ0v) is 11.4. The number of hydrogen-bond acceptors (Lipinski definition) is 3. The van der Waals surface area contributed by atoms with Gasteiger partial charge in [-0.1, -0.05) is 12.1 Å². The number of carbonyl (C=O) groups is 1. The average Bonchev–Trinajstić information content (AvgIpc) is 2.30. The number of esters is 1. The van der Waals surface area contributed by atoms with Gasteiger partial charge in [-0.15, -0.1) is 0 Å². The molecule has 1 unspecified atom stereocenters. The van der Waals surface area contributed by atoms with E-state index in [9.17, 15) is 9.18 Å². The Bertz CT molecular complexity index is 418. The second-order valence-corrected chi connectivity index (χ2v) is 4.50. The Morgan fingerprint density at radius 3 is 2.61 bits per heavy atom. The number of ether oxygens (including phenoxy) is 1. The number of rotatable bonds is 5. The number of nitrogens with zero attached hydrogens (tertiary/aromatic N) is 1. The van der Waals surface area contributed by atoms with E-state index in [2.05, 4.69) is 0 Å². The highest BCUT2D eigenvalue weighted by Crippen LogP contribution is 2.24. The van der Waals surface area contributed by atoms with Crippen LogP contribution in [0, 0.1) is 12.7 Å². The predicted molar refractivity (Wildman–Crippen MR) is 68.8 cm³/mol. The molecule has 3 nitrogen and oxygen atoms in total. The first-order chi connectivity index (χ1) is 8.45. The summed E-state index contributed by atoms with van der Waals surface area (Å²) in [4.78, 5) is 13.4. The van der Waals surface area contributed by atoms with E-state index in [0.717, 1.165) is 5.56 Å².